The van der Waals surface area contributed by atoms with Crippen LogP contribution in [0.3, 0.4) is 0 Å². The summed E-state index contributed by atoms with van der Waals surface area (Å²) in [6.45, 7) is 7.22. The second-order valence-electron chi connectivity index (χ2n) is 11.4. The Kier molecular flexibility index (Phi) is 5.19. The van der Waals surface area contributed by atoms with E-state index in [0.29, 0.717) is 55.3 Å². The number of piperidine rings is 1. The van der Waals surface area contributed by atoms with Gasteiger partial charge in [-0.25, -0.2) is 0 Å². The first-order chi connectivity index (χ1) is 14.3. The predicted molar refractivity (Wildman–Crippen MR) is 114 cm³/mol. The highest BCUT2D eigenvalue weighted by atomic mass is 16.5. The molecule has 1 unspecified atom stereocenters. The van der Waals surface area contributed by atoms with Crippen LogP contribution in [0.1, 0.15) is 85.0 Å². The van der Waals surface area contributed by atoms with Crippen LogP contribution in [0.25, 0.3) is 0 Å². The summed E-state index contributed by atoms with van der Waals surface area (Å²) in [7, 11) is 0. The van der Waals surface area contributed by atoms with Crippen LogP contribution in [0.2, 0.25) is 0 Å². The minimum atomic E-state index is -0.0666. The average Bonchev–Trinajstić information content (AvgIpc) is 3.45. The Balaban J connectivity index is 1.45. The van der Waals surface area contributed by atoms with Crippen LogP contribution in [0.5, 0.6) is 0 Å². The number of fused-ring (bicyclic) bond motifs is 5. The molecule has 0 radical (unpaired) electrons. The Hall–Kier alpha value is -1.10. The monoisotopic (exact) mass is 417 g/mol. The molecule has 5 aliphatic rings. The minimum Gasteiger partial charge on any atom is -0.466 e. The molecule has 1 N–H and O–H groups in total. The van der Waals surface area contributed by atoms with Gasteiger partial charge in [0.05, 0.1) is 18.8 Å². The van der Waals surface area contributed by atoms with E-state index in [4.69, 9.17) is 9.47 Å². The van der Waals surface area contributed by atoms with Crippen molar-refractivity contribution < 1.29 is 19.1 Å². The molecule has 1 saturated heterocycles. The largest absolute Gasteiger partial charge is 0.466 e. The van der Waals surface area contributed by atoms with E-state index in [0.717, 1.165) is 12.8 Å². The molecule has 5 fully saturated rings. The van der Waals surface area contributed by atoms with Gasteiger partial charge in [0.2, 0.25) is 5.91 Å². The Labute approximate surface area is 181 Å². The maximum atomic E-state index is 12.5. The van der Waals surface area contributed by atoms with Crippen molar-refractivity contribution >= 4 is 11.9 Å². The topological polar surface area (TPSA) is 64.6 Å². The van der Waals surface area contributed by atoms with Crippen molar-refractivity contribution in [2.45, 2.75) is 103 Å². The van der Waals surface area contributed by atoms with Crippen molar-refractivity contribution in [3.8, 4) is 0 Å². The molecule has 0 bridgehead atoms. The van der Waals surface area contributed by atoms with Gasteiger partial charge in [0.1, 0.15) is 0 Å². The molecule has 5 rings (SSSR count). The fraction of sp³-hybridized carbons (Fsp3) is 0.920. The van der Waals surface area contributed by atoms with Gasteiger partial charge in [0, 0.05) is 18.9 Å². The number of carbonyl (C=O) groups excluding carboxylic acids is 2. The van der Waals surface area contributed by atoms with Crippen molar-refractivity contribution in [2.75, 3.05) is 6.61 Å². The first-order valence-corrected chi connectivity index (χ1v) is 12.5. The van der Waals surface area contributed by atoms with E-state index in [9.17, 15) is 9.59 Å². The third kappa shape index (κ3) is 3.30. The van der Waals surface area contributed by atoms with Crippen molar-refractivity contribution in [2.24, 2.45) is 34.5 Å². The molecule has 5 heteroatoms. The van der Waals surface area contributed by atoms with Crippen molar-refractivity contribution in [3.05, 3.63) is 0 Å². The SMILES string of the molecule is CCOC(=O)CC1C[C@H]2NC(=O)CC[C@]2(C)[C@H]2CC[C@]3(C)[C@@H](OC4CC4)CC[C@H]3[C@H]12. The molecule has 4 saturated carbocycles. The zero-order valence-electron chi connectivity index (χ0n) is 19.0. The molecular weight excluding hydrogens is 378 g/mol. The van der Waals surface area contributed by atoms with Crippen LogP contribution in [-0.2, 0) is 19.1 Å². The molecule has 30 heavy (non-hydrogen) atoms. The van der Waals surface area contributed by atoms with Crippen LogP contribution >= 0.6 is 0 Å². The van der Waals surface area contributed by atoms with E-state index in [1.807, 2.05) is 6.92 Å². The maximum absolute atomic E-state index is 12.5. The average molecular weight is 418 g/mol. The van der Waals surface area contributed by atoms with Gasteiger partial charge >= 0.3 is 5.97 Å². The standard InChI is InChI=1S/C25H39NO4/c1-4-29-22(28)14-15-13-19-24(2,12-10-21(27)26-19)18-9-11-25(3)17(23(15)18)7-8-20(25)30-16-5-6-16/h15-20,23H,4-14H2,1-3H3,(H,26,27)/t15?,17-,18-,19+,20-,23-,24+,25-/m0/s1. The lowest BCUT2D eigenvalue weighted by molar-refractivity contribution is -0.161. The lowest BCUT2D eigenvalue weighted by Crippen LogP contribution is -2.63. The summed E-state index contributed by atoms with van der Waals surface area (Å²) < 4.78 is 11.9. The second-order valence-corrected chi connectivity index (χ2v) is 11.4. The number of amides is 1. The van der Waals surface area contributed by atoms with E-state index in [2.05, 4.69) is 19.2 Å². The van der Waals surface area contributed by atoms with Gasteiger partial charge in [-0.2, -0.15) is 0 Å². The fourth-order valence-electron chi connectivity index (χ4n) is 8.11. The molecule has 1 heterocycles. The number of hydrogen-bond acceptors (Lipinski definition) is 4. The highest BCUT2D eigenvalue weighted by Gasteiger charge is 2.63. The number of nitrogens with one attached hydrogen (secondary N) is 1. The van der Waals surface area contributed by atoms with Crippen LogP contribution < -0.4 is 5.32 Å². The van der Waals surface area contributed by atoms with Gasteiger partial charge in [-0.3, -0.25) is 9.59 Å². The summed E-state index contributed by atoms with van der Waals surface area (Å²) in [6.07, 6.45) is 11.2. The highest BCUT2D eigenvalue weighted by Crippen LogP contribution is 2.66. The Bertz CT molecular complexity index is 705. The quantitative estimate of drug-likeness (QED) is 0.680. The molecule has 5 nitrogen and oxygen atoms in total. The van der Waals surface area contributed by atoms with Gasteiger partial charge in [-0.05, 0) is 92.8 Å². The second kappa shape index (κ2) is 7.50. The highest BCUT2D eigenvalue weighted by molar-refractivity contribution is 5.77. The molecule has 0 spiro atoms. The van der Waals surface area contributed by atoms with E-state index < -0.39 is 0 Å². The van der Waals surface area contributed by atoms with Gasteiger partial charge in [0.25, 0.3) is 0 Å². The smallest absolute Gasteiger partial charge is 0.306 e. The number of hydrogen-bond donors (Lipinski definition) is 1. The van der Waals surface area contributed by atoms with Gasteiger partial charge in [-0.1, -0.05) is 13.8 Å². The molecule has 1 aliphatic heterocycles. The summed E-state index contributed by atoms with van der Waals surface area (Å²) in [6, 6.07) is 0.198. The molecule has 0 aromatic rings. The Morgan fingerprint density at radius 2 is 1.83 bits per heavy atom. The molecular formula is C25H39NO4. The fourth-order valence-corrected chi connectivity index (χ4v) is 8.11. The molecule has 4 aliphatic carbocycles. The van der Waals surface area contributed by atoms with E-state index in [1.165, 1.54) is 38.5 Å². The first kappa shape index (κ1) is 20.8. The van der Waals surface area contributed by atoms with Gasteiger partial charge < -0.3 is 14.8 Å². The molecule has 1 amide bonds. The van der Waals surface area contributed by atoms with E-state index >= 15 is 0 Å². The maximum Gasteiger partial charge on any atom is 0.306 e. The summed E-state index contributed by atoms with van der Waals surface area (Å²) in [5.74, 6) is 2.16. The Morgan fingerprint density at radius 3 is 2.57 bits per heavy atom. The number of carbonyl (C=O) groups is 2. The van der Waals surface area contributed by atoms with Crippen LogP contribution in [-0.4, -0.2) is 36.7 Å². The lowest BCUT2D eigenvalue weighted by atomic mass is 9.45. The van der Waals surface area contributed by atoms with Crippen molar-refractivity contribution in [3.63, 3.8) is 0 Å². The third-order valence-electron chi connectivity index (χ3n) is 9.81. The summed E-state index contributed by atoms with van der Waals surface area (Å²) in [5, 5.41) is 3.32. The zero-order chi connectivity index (χ0) is 21.1. The van der Waals surface area contributed by atoms with E-state index in [-0.39, 0.29) is 28.7 Å². The zero-order valence-corrected chi connectivity index (χ0v) is 19.0. The van der Waals surface area contributed by atoms with Crippen LogP contribution in [0, 0.1) is 34.5 Å². The van der Waals surface area contributed by atoms with Crippen molar-refractivity contribution in [1.82, 2.24) is 5.32 Å². The number of ether oxygens (including phenoxy) is 2. The van der Waals surface area contributed by atoms with Crippen molar-refractivity contribution in [1.29, 1.82) is 0 Å². The molecule has 168 valence electrons. The minimum absolute atomic E-state index is 0.0666. The molecule has 8 atom stereocenters. The van der Waals surface area contributed by atoms with E-state index in [1.54, 1.807) is 0 Å². The van der Waals surface area contributed by atoms with Gasteiger partial charge in [0.15, 0.2) is 0 Å². The number of rotatable bonds is 5. The summed E-state index contributed by atoms with van der Waals surface area (Å²) in [4.78, 5) is 24.8. The van der Waals surface area contributed by atoms with Crippen LogP contribution in [0.4, 0.5) is 0 Å². The number of esters is 1. The molecule has 0 aromatic carbocycles. The summed E-state index contributed by atoms with van der Waals surface area (Å²) in [5.41, 5.74) is 0.387. The predicted octanol–water partition coefficient (Wildman–Crippen LogP) is 4.23. The normalized spacial score (nSPS) is 47.6. The Morgan fingerprint density at radius 1 is 1.07 bits per heavy atom. The van der Waals surface area contributed by atoms with Gasteiger partial charge in [-0.15, -0.1) is 0 Å². The first-order valence-electron chi connectivity index (χ1n) is 12.5. The third-order valence-corrected chi connectivity index (χ3v) is 9.81. The van der Waals surface area contributed by atoms with Crippen LogP contribution in [0.15, 0.2) is 0 Å². The summed E-state index contributed by atoms with van der Waals surface area (Å²) >= 11 is 0. The lowest BCUT2D eigenvalue weighted by Gasteiger charge is -2.62. The molecule has 0 aromatic heterocycles.